The van der Waals surface area contributed by atoms with E-state index < -0.39 is 15.6 Å². The molecule has 198 valence electrons. The molecule has 2 aliphatic heterocycles. The van der Waals surface area contributed by atoms with Crippen LogP contribution < -0.4 is 9.62 Å². The predicted molar refractivity (Wildman–Crippen MR) is 142 cm³/mol. The molecule has 3 aromatic rings. The highest BCUT2D eigenvalue weighted by atomic mass is 32.2. The highest BCUT2D eigenvalue weighted by Gasteiger charge is 2.45. The first-order valence-electron chi connectivity index (χ1n) is 12.6. The van der Waals surface area contributed by atoms with Gasteiger partial charge in [-0.25, -0.2) is 17.5 Å². The van der Waals surface area contributed by atoms with Crippen molar-refractivity contribution in [3.63, 3.8) is 0 Å². The van der Waals surface area contributed by atoms with Gasteiger partial charge in [0.1, 0.15) is 5.82 Å². The van der Waals surface area contributed by atoms with Crippen molar-refractivity contribution in [2.24, 2.45) is 12.0 Å². The van der Waals surface area contributed by atoms with Crippen LogP contribution in [0.15, 0.2) is 52.6 Å². The summed E-state index contributed by atoms with van der Waals surface area (Å²) in [5, 5.41) is 4.22. The Bertz CT molecular complexity index is 1630. The number of guanidine groups is 1. The van der Waals surface area contributed by atoms with Crippen LogP contribution in [0.2, 0.25) is 0 Å². The van der Waals surface area contributed by atoms with Crippen LogP contribution in [0.4, 0.5) is 10.1 Å². The van der Waals surface area contributed by atoms with Gasteiger partial charge < -0.3 is 4.90 Å². The van der Waals surface area contributed by atoms with Gasteiger partial charge in [0.2, 0.25) is 16.0 Å². The lowest BCUT2D eigenvalue weighted by Gasteiger charge is -2.39. The molecular weight excluding hydrogens is 507 g/mol. The number of carbonyl (C=O) groups excluding carboxylic acids is 1. The fourth-order valence-electron chi connectivity index (χ4n) is 5.21. The zero-order chi connectivity index (χ0) is 27.0. The Kier molecular flexibility index (Phi) is 5.52. The highest BCUT2D eigenvalue weighted by Crippen LogP contribution is 2.44. The Hall–Kier alpha value is -3.57. The second-order valence-corrected chi connectivity index (χ2v) is 12.4. The molecule has 1 aliphatic carbocycles. The summed E-state index contributed by atoms with van der Waals surface area (Å²) in [4.78, 5) is 22.4. The van der Waals surface area contributed by atoms with Crippen LogP contribution in [0.3, 0.4) is 0 Å². The number of amides is 1. The Labute approximate surface area is 221 Å². The van der Waals surface area contributed by atoms with E-state index in [1.54, 1.807) is 41.9 Å². The van der Waals surface area contributed by atoms with Crippen LogP contribution in [-0.4, -0.2) is 53.1 Å². The minimum absolute atomic E-state index is 0.00464. The number of hydrogen-bond acceptors (Lipinski definition) is 6. The number of aliphatic imine (C=N–C) groups is 1. The van der Waals surface area contributed by atoms with Gasteiger partial charge in [-0.3, -0.25) is 19.4 Å². The van der Waals surface area contributed by atoms with Gasteiger partial charge in [0, 0.05) is 29.9 Å². The molecule has 38 heavy (non-hydrogen) atoms. The van der Waals surface area contributed by atoms with Crippen molar-refractivity contribution in [1.29, 1.82) is 0 Å². The largest absolute Gasteiger partial charge is 0.306 e. The fourth-order valence-corrected chi connectivity index (χ4v) is 6.73. The summed E-state index contributed by atoms with van der Waals surface area (Å²) in [6.07, 6.45) is 5.04. The molecule has 1 amide bonds. The average Bonchev–Trinajstić information content (AvgIpc) is 3.22. The molecule has 6 rings (SSSR count). The summed E-state index contributed by atoms with van der Waals surface area (Å²) in [6.45, 7) is 6.38. The number of nitrogens with one attached hydrogen (secondary N) is 1. The van der Waals surface area contributed by atoms with Crippen molar-refractivity contribution < 1.29 is 17.6 Å². The van der Waals surface area contributed by atoms with E-state index in [0.29, 0.717) is 34.9 Å². The second kappa shape index (κ2) is 8.47. The van der Waals surface area contributed by atoms with Gasteiger partial charge >= 0.3 is 0 Å². The van der Waals surface area contributed by atoms with Crippen molar-refractivity contribution in [2.75, 3.05) is 11.4 Å². The minimum atomic E-state index is -3.93. The molecule has 9 nitrogen and oxygen atoms in total. The van der Waals surface area contributed by atoms with E-state index in [1.165, 1.54) is 18.2 Å². The number of sulfonamides is 1. The maximum Gasteiger partial charge on any atom is 0.263 e. The molecule has 3 heterocycles. The third-order valence-corrected chi connectivity index (χ3v) is 9.08. The van der Waals surface area contributed by atoms with Crippen LogP contribution in [0, 0.1) is 12.7 Å². The summed E-state index contributed by atoms with van der Waals surface area (Å²) >= 11 is 0. The highest BCUT2D eigenvalue weighted by molar-refractivity contribution is 7.89. The molecule has 1 saturated carbocycles. The van der Waals surface area contributed by atoms with E-state index in [0.717, 1.165) is 18.4 Å². The van der Waals surface area contributed by atoms with E-state index >= 15 is 0 Å². The zero-order valence-corrected chi connectivity index (χ0v) is 22.5. The molecule has 2 aromatic carbocycles. The van der Waals surface area contributed by atoms with E-state index in [4.69, 9.17) is 4.99 Å². The zero-order valence-electron chi connectivity index (χ0n) is 21.7. The van der Waals surface area contributed by atoms with Crippen LogP contribution in [0.1, 0.15) is 48.2 Å². The van der Waals surface area contributed by atoms with Gasteiger partial charge in [0.15, 0.2) is 0 Å². The Balaban J connectivity index is 1.57. The number of aryl methyl sites for hydroxylation is 2. The van der Waals surface area contributed by atoms with E-state index in [2.05, 4.69) is 9.82 Å². The third kappa shape index (κ3) is 4.10. The fraction of sp³-hybridized carbons (Fsp3) is 0.370. The molecule has 3 aliphatic rings. The molecule has 1 N–H and O–H groups in total. The normalized spacial score (nSPS) is 19.9. The van der Waals surface area contributed by atoms with E-state index in [1.807, 2.05) is 24.9 Å². The second-order valence-electron chi connectivity index (χ2n) is 10.8. The molecular formula is C27H29FN6O3S. The smallest absolute Gasteiger partial charge is 0.263 e. The quantitative estimate of drug-likeness (QED) is 0.519. The summed E-state index contributed by atoms with van der Waals surface area (Å²) in [5.41, 5.74) is 3.05. The minimum Gasteiger partial charge on any atom is -0.306 e. The first-order chi connectivity index (χ1) is 18.0. The van der Waals surface area contributed by atoms with E-state index in [-0.39, 0.29) is 34.8 Å². The number of fused-ring (bicyclic) bond motifs is 3. The predicted octanol–water partition coefficient (Wildman–Crippen LogP) is 3.59. The van der Waals surface area contributed by atoms with Crippen LogP contribution in [-0.2, 0) is 23.6 Å². The van der Waals surface area contributed by atoms with Crippen molar-refractivity contribution in [2.45, 2.75) is 56.6 Å². The number of hydrogen-bond donors (Lipinski definition) is 1. The van der Waals surface area contributed by atoms with Gasteiger partial charge in [0.05, 0.1) is 41.5 Å². The maximum absolute atomic E-state index is 14.1. The van der Waals surface area contributed by atoms with Crippen LogP contribution >= 0.6 is 0 Å². The molecule has 0 radical (unpaired) electrons. The topological polar surface area (TPSA) is 99.9 Å². The molecule has 0 spiro atoms. The van der Waals surface area contributed by atoms with Gasteiger partial charge in [0.25, 0.3) is 5.91 Å². The summed E-state index contributed by atoms with van der Waals surface area (Å²) in [7, 11) is -2.12. The number of aromatic nitrogens is 2. The number of nitrogens with zero attached hydrogens (tertiary/aromatic N) is 5. The van der Waals surface area contributed by atoms with Crippen LogP contribution in [0.25, 0.3) is 11.1 Å². The molecule has 0 unspecified atom stereocenters. The molecule has 1 aromatic heterocycles. The van der Waals surface area contributed by atoms with Gasteiger partial charge in [-0.05, 0) is 69.0 Å². The first-order valence-corrected chi connectivity index (χ1v) is 14.1. The van der Waals surface area contributed by atoms with Crippen molar-refractivity contribution in [1.82, 2.24) is 19.4 Å². The molecule has 11 heteroatoms. The number of carbonyl (C=O) groups is 1. The lowest BCUT2D eigenvalue weighted by molar-refractivity contribution is 0.0833. The lowest BCUT2D eigenvalue weighted by atomic mass is 9.93. The molecule has 0 saturated heterocycles. The molecule has 1 atom stereocenters. The Morgan fingerprint density at radius 1 is 1.16 bits per heavy atom. The summed E-state index contributed by atoms with van der Waals surface area (Å²) < 4.78 is 45.6. The summed E-state index contributed by atoms with van der Waals surface area (Å²) in [6, 6.07) is 7.39. The lowest BCUT2D eigenvalue weighted by Crippen LogP contribution is -2.52. The monoisotopic (exact) mass is 536 g/mol. The summed E-state index contributed by atoms with van der Waals surface area (Å²) in [5.74, 6) is -0.217. The average molecular weight is 537 g/mol. The van der Waals surface area contributed by atoms with Crippen LogP contribution in [0.5, 0.6) is 0 Å². The number of benzene rings is 2. The Morgan fingerprint density at radius 3 is 2.55 bits per heavy atom. The van der Waals surface area contributed by atoms with Gasteiger partial charge in [-0.1, -0.05) is 6.07 Å². The van der Waals surface area contributed by atoms with Crippen molar-refractivity contribution in [3.8, 4) is 11.1 Å². The maximum atomic E-state index is 14.1. The SMILES string of the molecule is Cc1cc(F)ccc1-c1cc(S(=O)(=O)NC2(C)CC2)cc2c1N1C(=NC[C@H]1C)N(Cc1cnn(C)c1)C2=O. The molecule has 1 fully saturated rings. The standard InChI is InChI=1S/C27H29FN6O3S/c1-16-9-19(28)5-6-21(16)22-10-20(38(36,37)31-27(3)7-8-27)11-23-24(22)34-17(2)12-29-26(34)33(25(23)35)15-18-13-30-32(4)14-18/h5-6,9-11,13-14,17,31H,7-8,12,15H2,1-4H3/t17-/m1/s1. The third-order valence-electron chi connectivity index (χ3n) is 7.46. The van der Waals surface area contributed by atoms with Crippen molar-refractivity contribution >= 4 is 27.6 Å². The van der Waals surface area contributed by atoms with Gasteiger partial charge in [-0.2, -0.15) is 5.10 Å². The van der Waals surface area contributed by atoms with Crippen molar-refractivity contribution in [3.05, 3.63) is 65.2 Å². The Morgan fingerprint density at radius 2 is 1.89 bits per heavy atom. The van der Waals surface area contributed by atoms with Gasteiger partial charge in [-0.15, -0.1) is 0 Å². The number of rotatable bonds is 6. The van der Waals surface area contributed by atoms with E-state index in [9.17, 15) is 17.6 Å². The number of halogens is 1. The number of anilines is 1. The molecule has 0 bridgehead atoms. The first kappa shape index (κ1) is 24.7.